The zero-order chi connectivity index (χ0) is 12.4. The van der Waals surface area contributed by atoms with Crippen molar-refractivity contribution in [2.45, 2.75) is 38.4 Å². The lowest BCUT2D eigenvalue weighted by Crippen LogP contribution is -2.32. The molecule has 0 heterocycles. The summed E-state index contributed by atoms with van der Waals surface area (Å²) in [4.78, 5) is 0. The minimum Gasteiger partial charge on any atom is -0.228 e. The molecule has 0 N–H and O–H groups in total. The van der Waals surface area contributed by atoms with Crippen molar-refractivity contribution in [1.82, 2.24) is 0 Å². The SMILES string of the molecule is CC(CS(=O)(=O)C(C)(C)C)c1ccccc1. The second-order valence-electron chi connectivity index (χ2n) is 5.21. The molecule has 1 aromatic rings. The Balaban J connectivity index is 2.85. The van der Waals surface area contributed by atoms with Gasteiger partial charge in [-0.05, 0) is 32.3 Å². The maximum absolute atomic E-state index is 12.0. The Morgan fingerprint density at radius 1 is 1.12 bits per heavy atom. The summed E-state index contributed by atoms with van der Waals surface area (Å²) in [5.74, 6) is 0.256. The summed E-state index contributed by atoms with van der Waals surface area (Å²) in [6.45, 7) is 7.21. The molecule has 1 atom stereocenters. The summed E-state index contributed by atoms with van der Waals surface area (Å²) in [5, 5.41) is 0. The van der Waals surface area contributed by atoms with Crippen LogP contribution in [0.3, 0.4) is 0 Å². The van der Waals surface area contributed by atoms with E-state index < -0.39 is 14.6 Å². The molecule has 0 aromatic heterocycles. The van der Waals surface area contributed by atoms with E-state index in [0.29, 0.717) is 0 Å². The van der Waals surface area contributed by atoms with Gasteiger partial charge >= 0.3 is 0 Å². The molecule has 0 aliphatic heterocycles. The van der Waals surface area contributed by atoms with Gasteiger partial charge in [0.05, 0.1) is 10.5 Å². The minimum absolute atomic E-state index is 0.0467. The largest absolute Gasteiger partial charge is 0.228 e. The zero-order valence-electron chi connectivity index (χ0n) is 10.4. The molecule has 16 heavy (non-hydrogen) atoms. The molecule has 0 amide bonds. The average Bonchev–Trinajstić information content (AvgIpc) is 2.16. The fraction of sp³-hybridized carbons (Fsp3) is 0.538. The van der Waals surface area contributed by atoms with Crippen LogP contribution in [-0.2, 0) is 9.84 Å². The summed E-state index contributed by atoms with van der Waals surface area (Å²) >= 11 is 0. The van der Waals surface area contributed by atoms with Crippen LogP contribution in [0.1, 0.15) is 39.2 Å². The molecule has 0 spiro atoms. The molecule has 0 saturated carbocycles. The highest BCUT2D eigenvalue weighted by Crippen LogP contribution is 2.23. The van der Waals surface area contributed by atoms with E-state index in [1.54, 1.807) is 20.8 Å². The van der Waals surface area contributed by atoms with Crippen LogP contribution in [0.5, 0.6) is 0 Å². The Hall–Kier alpha value is -0.830. The molecule has 1 aromatic carbocycles. The van der Waals surface area contributed by atoms with E-state index in [0.717, 1.165) is 5.56 Å². The standard InChI is InChI=1S/C13H20O2S/c1-11(12-8-6-5-7-9-12)10-16(14,15)13(2,3)4/h5-9,11H,10H2,1-4H3. The fourth-order valence-electron chi connectivity index (χ4n) is 1.46. The Labute approximate surface area is 98.6 Å². The van der Waals surface area contributed by atoms with Crippen LogP contribution >= 0.6 is 0 Å². The van der Waals surface area contributed by atoms with Gasteiger partial charge in [-0.25, -0.2) is 8.42 Å². The number of benzene rings is 1. The smallest absolute Gasteiger partial charge is 0.155 e. The summed E-state index contributed by atoms with van der Waals surface area (Å²) < 4.78 is 23.4. The average molecular weight is 240 g/mol. The number of hydrogen-bond acceptors (Lipinski definition) is 2. The van der Waals surface area contributed by atoms with Crippen molar-refractivity contribution < 1.29 is 8.42 Å². The highest BCUT2D eigenvalue weighted by molar-refractivity contribution is 7.92. The van der Waals surface area contributed by atoms with Gasteiger partial charge < -0.3 is 0 Å². The van der Waals surface area contributed by atoms with Gasteiger partial charge in [0.1, 0.15) is 0 Å². The third-order valence-corrected chi connectivity index (χ3v) is 5.58. The zero-order valence-corrected chi connectivity index (χ0v) is 11.2. The first-order valence-electron chi connectivity index (χ1n) is 5.51. The van der Waals surface area contributed by atoms with Crippen molar-refractivity contribution in [3.05, 3.63) is 35.9 Å². The molecule has 1 rings (SSSR count). The maximum Gasteiger partial charge on any atom is 0.155 e. The van der Waals surface area contributed by atoms with E-state index >= 15 is 0 Å². The number of hydrogen-bond donors (Lipinski definition) is 0. The second kappa shape index (κ2) is 4.58. The normalized spacial score (nSPS) is 14.8. The molecule has 90 valence electrons. The van der Waals surface area contributed by atoms with E-state index in [4.69, 9.17) is 0 Å². The van der Waals surface area contributed by atoms with Crippen molar-refractivity contribution >= 4 is 9.84 Å². The van der Waals surface area contributed by atoms with Crippen molar-refractivity contribution in [3.8, 4) is 0 Å². The third kappa shape index (κ3) is 3.08. The van der Waals surface area contributed by atoms with E-state index in [1.165, 1.54) is 0 Å². The molecule has 0 aliphatic rings. The van der Waals surface area contributed by atoms with Crippen LogP contribution in [0.2, 0.25) is 0 Å². The molecule has 0 saturated heterocycles. The first kappa shape index (κ1) is 13.2. The minimum atomic E-state index is -3.05. The van der Waals surface area contributed by atoms with Crippen LogP contribution in [-0.4, -0.2) is 18.9 Å². The number of rotatable bonds is 3. The molecule has 2 nitrogen and oxygen atoms in total. The Bertz CT molecular complexity index is 427. The van der Waals surface area contributed by atoms with Crippen molar-refractivity contribution in [2.24, 2.45) is 0 Å². The lowest BCUT2D eigenvalue weighted by atomic mass is 10.0. The predicted octanol–water partition coefficient (Wildman–Crippen LogP) is 3.00. The lowest BCUT2D eigenvalue weighted by Gasteiger charge is -2.22. The van der Waals surface area contributed by atoms with Crippen molar-refractivity contribution in [2.75, 3.05) is 5.75 Å². The van der Waals surface area contributed by atoms with Gasteiger partial charge in [0.2, 0.25) is 0 Å². The van der Waals surface area contributed by atoms with Gasteiger partial charge in [-0.15, -0.1) is 0 Å². The summed E-state index contributed by atoms with van der Waals surface area (Å²) in [6.07, 6.45) is 0. The van der Waals surface area contributed by atoms with Crippen LogP contribution in [0.25, 0.3) is 0 Å². The fourth-order valence-corrected chi connectivity index (χ4v) is 2.81. The van der Waals surface area contributed by atoms with Crippen molar-refractivity contribution in [3.63, 3.8) is 0 Å². The topological polar surface area (TPSA) is 34.1 Å². The molecule has 0 radical (unpaired) electrons. The van der Waals surface area contributed by atoms with Crippen LogP contribution in [0.4, 0.5) is 0 Å². The van der Waals surface area contributed by atoms with Gasteiger partial charge in [-0.2, -0.15) is 0 Å². The Morgan fingerprint density at radius 2 is 1.62 bits per heavy atom. The molecular formula is C13H20O2S. The van der Waals surface area contributed by atoms with Crippen LogP contribution in [0, 0.1) is 0 Å². The highest BCUT2D eigenvalue weighted by Gasteiger charge is 2.30. The first-order valence-corrected chi connectivity index (χ1v) is 7.16. The monoisotopic (exact) mass is 240 g/mol. The molecule has 0 aliphatic carbocycles. The van der Waals surface area contributed by atoms with Gasteiger partial charge in [0.15, 0.2) is 9.84 Å². The van der Waals surface area contributed by atoms with E-state index in [-0.39, 0.29) is 11.7 Å². The van der Waals surface area contributed by atoms with Crippen LogP contribution in [0.15, 0.2) is 30.3 Å². The Morgan fingerprint density at radius 3 is 2.06 bits per heavy atom. The highest BCUT2D eigenvalue weighted by atomic mass is 32.2. The number of sulfone groups is 1. The van der Waals surface area contributed by atoms with Gasteiger partial charge in [-0.3, -0.25) is 0 Å². The van der Waals surface area contributed by atoms with Gasteiger partial charge in [0.25, 0.3) is 0 Å². The molecule has 1 unspecified atom stereocenters. The second-order valence-corrected chi connectivity index (χ2v) is 7.99. The van der Waals surface area contributed by atoms with E-state index in [2.05, 4.69) is 0 Å². The predicted molar refractivity (Wildman–Crippen MR) is 68.4 cm³/mol. The molecule has 0 bridgehead atoms. The van der Waals surface area contributed by atoms with Crippen molar-refractivity contribution in [1.29, 1.82) is 0 Å². The Kier molecular flexibility index (Phi) is 3.79. The maximum atomic E-state index is 12.0. The summed E-state index contributed by atoms with van der Waals surface area (Å²) in [6, 6.07) is 9.77. The quantitative estimate of drug-likeness (QED) is 0.814. The summed E-state index contributed by atoms with van der Waals surface area (Å²) in [7, 11) is -3.05. The van der Waals surface area contributed by atoms with Gasteiger partial charge in [-0.1, -0.05) is 37.3 Å². The third-order valence-electron chi connectivity index (χ3n) is 2.77. The van der Waals surface area contributed by atoms with E-state index in [9.17, 15) is 8.42 Å². The summed E-state index contributed by atoms with van der Waals surface area (Å²) in [5.41, 5.74) is 1.08. The molecule has 3 heteroatoms. The molecule has 0 fully saturated rings. The van der Waals surface area contributed by atoms with Crippen LogP contribution < -0.4 is 0 Å². The first-order chi connectivity index (χ1) is 7.24. The lowest BCUT2D eigenvalue weighted by molar-refractivity contribution is 0.555. The molecular weight excluding hydrogens is 220 g/mol. The van der Waals surface area contributed by atoms with Gasteiger partial charge in [0, 0.05) is 0 Å². The van der Waals surface area contributed by atoms with E-state index in [1.807, 2.05) is 37.3 Å².